The van der Waals surface area contributed by atoms with Gasteiger partial charge in [0.15, 0.2) is 0 Å². The van der Waals surface area contributed by atoms with Crippen LogP contribution in [0.25, 0.3) is 6.08 Å². The van der Waals surface area contributed by atoms with Gasteiger partial charge in [-0.2, -0.15) is 0 Å². The molecule has 0 saturated heterocycles. The molecule has 0 N–H and O–H groups in total. The van der Waals surface area contributed by atoms with Crippen molar-refractivity contribution in [2.75, 3.05) is 19.3 Å². The van der Waals surface area contributed by atoms with Crippen molar-refractivity contribution < 1.29 is 9.53 Å². The maximum atomic E-state index is 11.8. The number of rotatable bonds is 6. The molecule has 122 valence electrons. The normalized spacial score (nSPS) is 11.7. The van der Waals surface area contributed by atoms with Crippen LogP contribution < -0.4 is 0 Å². The summed E-state index contributed by atoms with van der Waals surface area (Å²) in [5.41, 5.74) is 0.476. The Labute approximate surface area is 137 Å². The van der Waals surface area contributed by atoms with Crippen LogP contribution in [0, 0.1) is 0 Å². The van der Waals surface area contributed by atoms with Crippen molar-refractivity contribution in [3.8, 4) is 0 Å². The number of hydrogen-bond acceptors (Lipinski definition) is 4. The van der Waals surface area contributed by atoms with E-state index in [1.165, 1.54) is 4.90 Å². The van der Waals surface area contributed by atoms with Crippen LogP contribution >= 0.6 is 11.8 Å². The first-order valence-corrected chi connectivity index (χ1v) is 8.50. The minimum atomic E-state index is -0.455. The molecule has 0 bridgehead atoms. The van der Waals surface area contributed by atoms with Gasteiger partial charge in [0.25, 0.3) is 0 Å². The van der Waals surface area contributed by atoms with E-state index >= 15 is 0 Å². The first-order chi connectivity index (χ1) is 10.3. The molecule has 0 unspecified atom stereocenters. The zero-order chi connectivity index (χ0) is 16.6. The van der Waals surface area contributed by atoms with E-state index in [4.69, 9.17) is 4.74 Å². The maximum absolute atomic E-state index is 11.8. The molecule has 0 radical (unpaired) electrons. The quantitative estimate of drug-likeness (QED) is 0.725. The van der Waals surface area contributed by atoms with Crippen LogP contribution in [0.4, 0.5) is 4.79 Å². The van der Waals surface area contributed by atoms with Crippen molar-refractivity contribution >= 4 is 23.9 Å². The first-order valence-electron chi connectivity index (χ1n) is 7.51. The van der Waals surface area contributed by atoms with E-state index in [2.05, 4.69) is 18.0 Å². The van der Waals surface area contributed by atoms with Gasteiger partial charge in [-0.15, -0.1) is 11.8 Å². The largest absolute Gasteiger partial charge is 0.444 e. The molecular weight excluding hydrogens is 296 g/mol. The zero-order valence-corrected chi connectivity index (χ0v) is 14.9. The highest BCUT2D eigenvalue weighted by molar-refractivity contribution is 7.99. The van der Waals surface area contributed by atoms with Gasteiger partial charge >= 0.3 is 6.09 Å². The lowest BCUT2D eigenvalue weighted by Gasteiger charge is -2.24. The van der Waals surface area contributed by atoms with Gasteiger partial charge in [-0.3, -0.25) is 4.98 Å². The van der Waals surface area contributed by atoms with Gasteiger partial charge in [-0.1, -0.05) is 13.0 Å². The molecule has 1 aromatic rings. The summed E-state index contributed by atoms with van der Waals surface area (Å²) < 4.78 is 5.30. The van der Waals surface area contributed by atoms with Gasteiger partial charge in [0.05, 0.1) is 5.69 Å². The van der Waals surface area contributed by atoms with Crippen LogP contribution in [-0.4, -0.2) is 40.9 Å². The highest BCUT2D eigenvalue weighted by atomic mass is 32.2. The van der Waals surface area contributed by atoms with Gasteiger partial charge in [-0.25, -0.2) is 4.79 Å². The van der Waals surface area contributed by atoms with Gasteiger partial charge in [0.1, 0.15) is 5.60 Å². The second-order valence-corrected chi connectivity index (χ2v) is 7.28. The molecule has 0 aliphatic carbocycles. The molecule has 0 atom stereocenters. The van der Waals surface area contributed by atoms with Crippen LogP contribution in [0.2, 0.25) is 0 Å². The summed E-state index contributed by atoms with van der Waals surface area (Å²) in [6.45, 7) is 8.34. The summed E-state index contributed by atoms with van der Waals surface area (Å²) >= 11 is 1.78. The molecule has 4 nitrogen and oxygen atoms in total. The van der Waals surface area contributed by atoms with Crippen LogP contribution in [0.3, 0.4) is 0 Å². The molecular formula is C17H26N2O2S. The third kappa shape index (κ3) is 7.50. The monoisotopic (exact) mass is 322 g/mol. The molecule has 1 heterocycles. The molecule has 1 rings (SSSR count). The fourth-order valence-corrected chi connectivity index (χ4v) is 2.27. The summed E-state index contributed by atoms with van der Waals surface area (Å²) in [5, 5.41) is 0. The average molecular weight is 322 g/mol. The molecule has 22 heavy (non-hydrogen) atoms. The van der Waals surface area contributed by atoms with E-state index in [1.807, 2.05) is 45.2 Å². The van der Waals surface area contributed by atoms with Crippen LogP contribution in [-0.2, 0) is 4.74 Å². The van der Waals surface area contributed by atoms with E-state index < -0.39 is 5.60 Å². The van der Waals surface area contributed by atoms with E-state index in [0.29, 0.717) is 6.54 Å². The summed E-state index contributed by atoms with van der Waals surface area (Å²) in [6, 6.07) is 4.08. The molecule has 0 aliphatic rings. The third-order valence-electron chi connectivity index (χ3n) is 2.70. The fourth-order valence-electron chi connectivity index (χ4n) is 1.65. The second kappa shape index (κ2) is 8.83. The Hall–Kier alpha value is -1.49. The standard InChI is InChI=1S/C17H26N2O2S/c1-6-22-15-11-10-14(18-13-15)9-7-8-12-19(5)16(20)21-17(2,3)4/h7,9-11,13H,6,8,12H2,1-5H3. The van der Waals surface area contributed by atoms with Crippen LogP contribution in [0.1, 0.15) is 39.8 Å². The Kier molecular flexibility index (Phi) is 7.45. The van der Waals surface area contributed by atoms with Crippen LogP contribution in [0.15, 0.2) is 29.3 Å². The highest BCUT2D eigenvalue weighted by Crippen LogP contribution is 2.16. The van der Waals surface area contributed by atoms with E-state index in [9.17, 15) is 4.79 Å². The molecule has 0 fully saturated rings. The lowest BCUT2D eigenvalue weighted by atomic mass is 10.2. The first kappa shape index (κ1) is 18.6. The van der Waals surface area contributed by atoms with E-state index in [0.717, 1.165) is 17.9 Å². The van der Waals surface area contributed by atoms with Gasteiger partial charge in [0.2, 0.25) is 0 Å². The van der Waals surface area contributed by atoms with Crippen LogP contribution in [0.5, 0.6) is 0 Å². The third-order valence-corrected chi connectivity index (χ3v) is 3.56. The maximum Gasteiger partial charge on any atom is 0.410 e. The Morgan fingerprint density at radius 3 is 2.68 bits per heavy atom. The zero-order valence-electron chi connectivity index (χ0n) is 14.1. The fraction of sp³-hybridized carbons (Fsp3) is 0.529. The molecule has 1 aromatic heterocycles. The number of amides is 1. The number of nitrogens with zero attached hydrogens (tertiary/aromatic N) is 2. The van der Waals surface area contributed by atoms with Crippen molar-refractivity contribution in [3.05, 3.63) is 30.1 Å². The molecule has 0 spiro atoms. The lowest BCUT2D eigenvalue weighted by Crippen LogP contribution is -2.34. The Morgan fingerprint density at radius 2 is 2.14 bits per heavy atom. The molecule has 0 aliphatic heterocycles. The number of ether oxygens (including phenoxy) is 1. The molecule has 0 aromatic carbocycles. The number of pyridine rings is 1. The summed E-state index contributed by atoms with van der Waals surface area (Å²) in [7, 11) is 1.75. The lowest BCUT2D eigenvalue weighted by molar-refractivity contribution is 0.0302. The van der Waals surface area contributed by atoms with Gasteiger partial charge in [-0.05, 0) is 51.2 Å². The van der Waals surface area contributed by atoms with E-state index in [1.54, 1.807) is 23.7 Å². The molecule has 5 heteroatoms. The predicted octanol–water partition coefficient (Wildman–Crippen LogP) is 4.46. The Morgan fingerprint density at radius 1 is 1.41 bits per heavy atom. The smallest absolute Gasteiger partial charge is 0.410 e. The Bertz CT molecular complexity index is 492. The number of carbonyl (C=O) groups excluding carboxylic acids is 1. The highest BCUT2D eigenvalue weighted by Gasteiger charge is 2.18. The molecule has 0 saturated carbocycles. The van der Waals surface area contributed by atoms with Crippen molar-refractivity contribution in [3.63, 3.8) is 0 Å². The molecule has 1 amide bonds. The minimum Gasteiger partial charge on any atom is -0.444 e. The van der Waals surface area contributed by atoms with Crippen molar-refractivity contribution in [2.45, 2.75) is 44.6 Å². The SMILES string of the molecule is CCSc1ccc(C=CCCN(C)C(=O)OC(C)(C)C)nc1. The van der Waals surface area contributed by atoms with Crippen molar-refractivity contribution in [1.29, 1.82) is 0 Å². The van der Waals surface area contributed by atoms with Gasteiger partial charge in [0, 0.05) is 24.7 Å². The summed E-state index contributed by atoms with van der Waals surface area (Å²) in [4.78, 5) is 18.9. The Balaban J connectivity index is 2.38. The topological polar surface area (TPSA) is 42.4 Å². The summed E-state index contributed by atoms with van der Waals surface area (Å²) in [6.07, 6.45) is 6.36. The number of carbonyl (C=O) groups is 1. The number of aromatic nitrogens is 1. The average Bonchev–Trinajstić information content (AvgIpc) is 2.43. The number of thioether (sulfide) groups is 1. The predicted molar refractivity (Wildman–Crippen MR) is 93.2 cm³/mol. The minimum absolute atomic E-state index is 0.292. The van der Waals surface area contributed by atoms with Crippen molar-refractivity contribution in [2.24, 2.45) is 0 Å². The van der Waals surface area contributed by atoms with Crippen molar-refractivity contribution in [1.82, 2.24) is 9.88 Å². The summed E-state index contributed by atoms with van der Waals surface area (Å²) in [5.74, 6) is 1.05. The van der Waals surface area contributed by atoms with Gasteiger partial charge < -0.3 is 9.64 Å². The second-order valence-electron chi connectivity index (χ2n) is 5.94. The number of hydrogen-bond donors (Lipinski definition) is 0. The van der Waals surface area contributed by atoms with E-state index in [-0.39, 0.29) is 6.09 Å².